The molecular weight excluding hydrogens is 240 g/mol. The van der Waals surface area contributed by atoms with Crippen molar-refractivity contribution in [2.75, 3.05) is 6.61 Å². The van der Waals surface area contributed by atoms with Crippen molar-refractivity contribution in [1.29, 1.82) is 0 Å². The van der Waals surface area contributed by atoms with Crippen LogP contribution in [0.25, 0.3) is 0 Å². The molecule has 19 heavy (non-hydrogen) atoms. The Kier molecular flexibility index (Phi) is 5.43. The van der Waals surface area contributed by atoms with Crippen LogP contribution in [-0.4, -0.2) is 23.8 Å². The van der Waals surface area contributed by atoms with E-state index in [0.29, 0.717) is 24.5 Å². The molecule has 1 aliphatic rings. The monoisotopic (exact) mass is 270 g/mol. The molecule has 0 aromatic rings. The van der Waals surface area contributed by atoms with Crippen LogP contribution in [0.2, 0.25) is 0 Å². The third kappa shape index (κ3) is 5.13. The van der Waals surface area contributed by atoms with E-state index in [1.807, 2.05) is 0 Å². The average molecular weight is 270 g/mol. The lowest BCUT2D eigenvalue weighted by Crippen LogP contribution is -2.30. The first-order valence-corrected chi connectivity index (χ1v) is 7.48. The third-order valence-electron chi connectivity index (χ3n) is 4.56. The van der Waals surface area contributed by atoms with Crippen LogP contribution >= 0.6 is 0 Å². The van der Waals surface area contributed by atoms with Crippen LogP contribution in [0, 0.1) is 16.7 Å². The van der Waals surface area contributed by atoms with Gasteiger partial charge in [-0.2, -0.15) is 0 Å². The Morgan fingerprint density at radius 2 is 1.63 bits per heavy atom. The predicted molar refractivity (Wildman–Crippen MR) is 77.2 cm³/mol. The quantitative estimate of drug-likeness (QED) is 0.817. The molecule has 0 aliphatic heterocycles. The normalized spacial score (nSPS) is 25.3. The largest absolute Gasteiger partial charge is 0.481 e. The summed E-state index contributed by atoms with van der Waals surface area (Å²) in [6.07, 6.45) is 5.63. The van der Waals surface area contributed by atoms with Gasteiger partial charge in [-0.15, -0.1) is 0 Å². The number of carboxylic acid groups (broad SMARTS) is 1. The van der Waals surface area contributed by atoms with Crippen molar-refractivity contribution < 1.29 is 14.6 Å². The van der Waals surface area contributed by atoms with E-state index < -0.39 is 11.4 Å². The zero-order chi connectivity index (χ0) is 14.7. The topological polar surface area (TPSA) is 46.5 Å². The van der Waals surface area contributed by atoms with E-state index in [1.165, 1.54) is 12.8 Å². The van der Waals surface area contributed by atoms with E-state index >= 15 is 0 Å². The van der Waals surface area contributed by atoms with Gasteiger partial charge in [0, 0.05) is 6.61 Å². The molecule has 1 N–H and O–H groups in total. The number of carboxylic acids is 1. The molecule has 1 rings (SSSR count). The highest BCUT2D eigenvalue weighted by Gasteiger charge is 2.31. The average Bonchev–Trinajstić information content (AvgIpc) is 2.28. The molecule has 1 saturated carbocycles. The summed E-state index contributed by atoms with van der Waals surface area (Å²) in [7, 11) is 0. The Labute approximate surface area is 117 Å². The summed E-state index contributed by atoms with van der Waals surface area (Å²) < 4.78 is 5.87. The first kappa shape index (κ1) is 16.5. The van der Waals surface area contributed by atoms with Gasteiger partial charge in [0.15, 0.2) is 0 Å². The predicted octanol–water partition coefficient (Wildman–Crippen LogP) is 4.11. The van der Waals surface area contributed by atoms with Gasteiger partial charge >= 0.3 is 5.97 Å². The summed E-state index contributed by atoms with van der Waals surface area (Å²) in [4.78, 5) is 11.0. The standard InChI is InChI=1S/C16H30O3/c1-15(2,3)12-6-8-13(9-7-12)19-11-10-16(4,5)14(17)18/h12-13H,6-11H2,1-5H3,(H,17,18). The first-order valence-electron chi connectivity index (χ1n) is 7.48. The molecule has 0 amide bonds. The second-order valence-electron chi connectivity index (χ2n) is 7.65. The fourth-order valence-electron chi connectivity index (χ4n) is 2.68. The lowest BCUT2D eigenvalue weighted by Gasteiger charge is -2.37. The van der Waals surface area contributed by atoms with Gasteiger partial charge in [-0.25, -0.2) is 0 Å². The van der Waals surface area contributed by atoms with Crippen molar-refractivity contribution in [3.63, 3.8) is 0 Å². The van der Waals surface area contributed by atoms with Gasteiger partial charge in [-0.3, -0.25) is 4.79 Å². The van der Waals surface area contributed by atoms with Crippen LogP contribution < -0.4 is 0 Å². The number of hydrogen-bond donors (Lipinski definition) is 1. The molecule has 3 heteroatoms. The summed E-state index contributed by atoms with van der Waals surface area (Å²) in [6, 6.07) is 0. The fraction of sp³-hybridized carbons (Fsp3) is 0.938. The molecule has 0 heterocycles. The maximum absolute atomic E-state index is 11.0. The number of rotatable bonds is 5. The molecule has 3 nitrogen and oxygen atoms in total. The van der Waals surface area contributed by atoms with Crippen molar-refractivity contribution in [2.45, 2.75) is 72.8 Å². The fourth-order valence-corrected chi connectivity index (χ4v) is 2.68. The Hall–Kier alpha value is -0.570. The van der Waals surface area contributed by atoms with Gasteiger partial charge in [-0.1, -0.05) is 20.8 Å². The van der Waals surface area contributed by atoms with Gasteiger partial charge in [0.25, 0.3) is 0 Å². The van der Waals surface area contributed by atoms with Crippen LogP contribution in [0.4, 0.5) is 0 Å². The Balaban J connectivity index is 2.26. The van der Waals surface area contributed by atoms with E-state index in [0.717, 1.165) is 18.8 Å². The van der Waals surface area contributed by atoms with Gasteiger partial charge in [0.1, 0.15) is 0 Å². The van der Waals surface area contributed by atoms with Crippen LogP contribution in [0.1, 0.15) is 66.7 Å². The van der Waals surface area contributed by atoms with Crippen molar-refractivity contribution in [2.24, 2.45) is 16.7 Å². The van der Waals surface area contributed by atoms with Crippen molar-refractivity contribution in [3.8, 4) is 0 Å². The van der Waals surface area contributed by atoms with Crippen molar-refractivity contribution in [1.82, 2.24) is 0 Å². The number of carbonyl (C=O) groups is 1. The lowest BCUT2D eigenvalue weighted by atomic mass is 9.72. The van der Waals surface area contributed by atoms with Crippen molar-refractivity contribution in [3.05, 3.63) is 0 Å². The second-order valence-corrected chi connectivity index (χ2v) is 7.65. The molecule has 0 spiro atoms. The minimum Gasteiger partial charge on any atom is -0.481 e. The van der Waals surface area contributed by atoms with E-state index in [1.54, 1.807) is 13.8 Å². The highest BCUT2D eigenvalue weighted by molar-refractivity contribution is 5.73. The van der Waals surface area contributed by atoms with Crippen LogP contribution in [-0.2, 0) is 9.53 Å². The van der Waals surface area contributed by atoms with E-state index in [9.17, 15) is 4.79 Å². The highest BCUT2D eigenvalue weighted by atomic mass is 16.5. The van der Waals surface area contributed by atoms with Crippen LogP contribution in [0.15, 0.2) is 0 Å². The van der Waals surface area contributed by atoms with E-state index in [4.69, 9.17) is 9.84 Å². The zero-order valence-electron chi connectivity index (χ0n) is 13.2. The summed E-state index contributed by atoms with van der Waals surface area (Å²) in [5.74, 6) is 0.0513. The number of hydrogen-bond acceptors (Lipinski definition) is 2. The molecule has 0 unspecified atom stereocenters. The maximum Gasteiger partial charge on any atom is 0.309 e. The Bertz CT molecular complexity index is 294. The van der Waals surface area contributed by atoms with E-state index in [2.05, 4.69) is 20.8 Å². The first-order chi connectivity index (χ1) is 8.63. The molecule has 1 aliphatic carbocycles. The molecule has 1 fully saturated rings. The Morgan fingerprint density at radius 3 is 2.05 bits per heavy atom. The smallest absolute Gasteiger partial charge is 0.309 e. The third-order valence-corrected chi connectivity index (χ3v) is 4.56. The SMILES string of the molecule is CC(C)(CCOC1CCC(C(C)(C)C)CC1)C(=O)O. The van der Waals surface area contributed by atoms with E-state index in [-0.39, 0.29) is 0 Å². The number of ether oxygens (including phenoxy) is 1. The highest BCUT2D eigenvalue weighted by Crippen LogP contribution is 2.38. The molecule has 0 bridgehead atoms. The van der Waals surface area contributed by atoms with Gasteiger partial charge in [0.05, 0.1) is 11.5 Å². The Morgan fingerprint density at radius 1 is 1.11 bits per heavy atom. The minimum atomic E-state index is -0.743. The maximum atomic E-state index is 11.0. The molecule has 0 saturated heterocycles. The zero-order valence-corrected chi connectivity index (χ0v) is 13.2. The lowest BCUT2D eigenvalue weighted by molar-refractivity contribution is -0.148. The number of aliphatic carboxylic acids is 1. The summed E-state index contributed by atoms with van der Waals surface area (Å²) in [5.41, 5.74) is -0.279. The van der Waals surface area contributed by atoms with Crippen LogP contribution in [0.3, 0.4) is 0 Å². The molecule has 112 valence electrons. The summed E-state index contributed by atoms with van der Waals surface area (Å²) in [5, 5.41) is 9.05. The van der Waals surface area contributed by atoms with Gasteiger partial charge in [-0.05, 0) is 57.3 Å². The molecule has 0 aromatic heterocycles. The molecular formula is C16H30O3. The van der Waals surface area contributed by atoms with Gasteiger partial charge in [0.2, 0.25) is 0 Å². The second kappa shape index (κ2) is 6.25. The molecule has 0 atom stereocenters. The summed E-state index contributed by atoms with van der Waals surface area (Å²) in [6.45, 7) is 11.0. The van der Waals surface area contributed by atoms with Gasteiger partial charge < -0.3 is 9.84 Å². The van der Waals surface area contributed by atoms with Crippen molar-refractivity contribution >= 4 is 5.97 Å². The molecule has 0 aromatic carbocycles. The van der Waals surface area contributed by atoms with Crippen LogP contribution in [0.5, 0.6) is 0 Å². The minimum absolute atomic E-state index is 0.336. The summed E-state index contributed by atoms with van der Waals surface area (Å²) >= 11 is 0. The molecule has 0 radical (unpaired) electrons.